The summed E-state index contributed by atoms with van der Waals surface area (Å²) in [6, 6.07) is 14.0. The molecule has 0 bridgehead atoms. The predicted molar refractivity (Wildman–Crippen MR) is 98.9 cm³/mol. The molecule has 0 aliphatic carbocycles. The van der Waals surface area contributed by atoms with Crippen LogP contribution in [0.1, 0.15) is 34.3 Å². The third-order valence-electron chi connectivity index (χ3n) is 3.81. The van der Waals surface area contributed by atoms with E-state index in [1.807, 2.05) is 19.1 Å². The van der Waals surface area contributed by atoms with E-state index in [-0.39, 0.29) is 31.8 Å². The molecule has 0 saturated carbocycles. The molecular weight excluding hydrogens is 346 g/mol. The molecule has 0 N–H and O–H groups in total. The molecular formula is C21H21NO5. The lowest BCUT2D eigenvalue weighted by molar-refractivity contribution is -0.144. The van der Waals surface area contributed by atoms with E-state index in [1.54, 1.807) is 36.4 Å². The maximum atomic E-state index is 12.3. The molecule has 2 aromatic carbocycles. The van der Waals surface area contributed by atoms with Gasteiger partial charge in [-0.15, -0.1) is 0 Å². The van der Waals surface area contributed by atoms with Crippen LogP contribution in [-0.4, -0.2) is 32.1 Å². The van der Waals surface area contributed by atoms with Gasteiger partial charge in [-0.1, -0.05) is 11.6 Å². The Morgan fingerprint density at radius 3 is 2.44 bits per heavy atom. The number of carbonyl (C=O) groups is 2. The van der Waals surface area contributed by atoms with E-state index in [9.17, 15) is 9.59 Å². The zero-order valence-corrected chi connectivity index (χ0v) is 15.4. The predicted octanol–water partition coefficient (Wildman–Crippen LogP) is 3.46. The minimum Gasteiger partial charge on any atom is -0.496 e. The molecule has 6 heteroatoms. The fourth-order valence-electron chi connectivity index (χ4n) is 2.40. The average molecular weight is 367 g/mol. The lowest BCUT2D eigenvalue weighted by Crippen LogP contribution is -2.13. The summed E-state index contributed by atoms with van der Waals surface area (Å²) in [5.74, 6) is 0.460. The van der Waals surface area contributed by atoms with Gasteiger partial charge in [-0.3, -0.25) is 9.59 Å². The van der Waals surface area contributed by atoms with E-state index < -0.39 is 5.97 Å². The van der Waals surface area contributed by atoms with Crippen molar-refractivity contribution in [1.29, 1.82) is 5.26 Å². The second kappa shape index (κ2) is 9.97. The molecule has 0 heterocycles. The highest BCUT2D eigenvalue weighted by Gasteiger charge is 2.15. The van der Waals surface area contributed by atoms with Crippen molar-refractivity contribution in [1.82, 2.24) is 0 Å². The first-order chi connectivity index (χ1) is 13.0. The van der Waals surface area contributed by atoms with Gasteiger partial charge < -0.3 is 14.2 Å². The maximum Gasteiger partial charge on any atom is 0.306 e. The van der Waals surface area contributed by atoms with Gasteiger partial charge in [-0.05, 0) is 43.3 Å². The molecule has 0 saturated heterocycles. The van der Waals surface area contributed by atoms with Gasteiger partial charge in [-0.25, -0.2) is 0 Å². The van der Waals surface area contributed by atoms with Gasteiger partial charge in [0.15, 0.2) is 5.78 Å². The first-order valence-electron chi connectivity index (χ1n) is 8.50. The molecule has 140 valence electrons. The second-order valence-electron chi connectivity index (χ2n) is 5.83. The molecule has 0 atom stereocenters. The first-order valence-corrected chi connectivity index (χ1v) is 8.50. The minimum absolute atomic E-state index is 0.00715. The number of hydrogen-bond acceptors (Lipinski definition) is 6. The number of hydrogen-bond donors (Lipinski definition) is 0. The van der Waals surface area contributed by atoms with Crippen LogP contribution in [-0.2, 0) is 9.53 Å². The van der Waals surface area contributed by atoms with Gasteiger partial charge in [0, 0.05) is 6.42 Å². The molecule has 0 spiro atoms. The largest absolute Gasteiger partial charge is 0.496 e. The van der Waals surface area contributed by atoms with Gasteiger partial charge >= 0.3 is 5.97 Å². The van der Waals surface area contributed by atoms with Crippen LogP contribution in [0.15, 0.2) is 42.5 Å². The smallest absolute Gasteiger partial charge is 0.306 e. The first kappa shape index (κ1) is 20.0. The second-order valence-corrected chi connectivity index (χ2v) is 5.83. The van der Waals surface area contributed by atoms with E-state index in [0.717, 1.165) is 5.56 Å². The zero-order valence-electron chi connectivity index (χ0n) is 15.4. The Kier molecular flexibility index (Phi) is 7.38. The van der Waals surface area contributed by atoms with Gasteiger partial charge in [0.1, 0.15) is 24.7 Å². The number of nitriles is 1. The summed E-state index contributed by atoms with van der Waals surface area (Å²) >= 11 is 0. The van der Waals surface area contributed by atoms with Crippen molar-refractivity contribution in [2.45, 2.75) is 19.8 Å². The fourth-order valence-corrected chi connectivity index (χ4v) is 2.40. The summed E-state index contributed by atoms with van der Waals surface area (Å²) in [5, 5.41) is 8.73. The normalized spacial score (nSPS) is 9.96. The highest BCUT2D eigenvalue weighted by molar-refractivity contribution is 6.00. The quantitative estimate of drug-likeness (QED) is 0.383. The molecule has 27 heavy (non-hydrogen) atoms. The zero-order chi connectivity index (χ0) is 19.6. The number of benzene rings is 2. The molecule has 0 unspecified atom stereocenters. The number of carbonyl (C=O) groups excluding carboxylic acids is 2. The lowest BCUT2D eigenvalue weighted by atomic mass is 10.0. The van der Waals surface area contributed by atoms with Gasteiger partial charge in [0.2, 0.25) is 0 Å². The number of nitrogens with zero attached hydrogens (tertiary/aromatic N) is 1. The third kappa shape index (κ3) is 6.15. The number of aryl methyl sites for hydroxylation is 1. The molecule has 0 radical (unpaired) electrons. The molecule has 0 aliphatic heterocycles. The Balaban J connectivity index is 1.72. The van der Waals surface area contributed by atoms with Crippen LogP contribution in [0, 0.1) is 18.3 Å². The van der Waals surface area contributed by atoms with Crippen molar-refractivity contribution in [2.24, 2.45) is 0 Å². The van der Waals surface area contributed by atoms with Crippen LogP contribution in [0.2, 0.25) is 0 Å². The Hall–Kier alpha value is -3.33. The Bertz CT molecular complexity index is 837. The topological polar surface area (TPSA) is 85.6 Å². The van der Waals surface area contributed by atoms with Crippen molar-refractivity contribution in [3.8, 4) is 17.6 Å². The summed E-state index contributed by atoms with van der Waals surface area (Å²) in [4.78, 5) is 24.1. The monoisotopic (exact) mass is 367 g/mol. The highest BCUT2D eigenvalue weighted by Crippen LogP contribution is 2.21. The Labute approximate surface area is 158 Å². The molecule has 2 rings (SSSR count). The van der Waals surface area contributed by atoms with E-state index in [1.165, 1.54) is 7.11 Å². The number of Topliss-reactive ketones (excluding diaryl/α,β-unsaturated/α-hetero) is 1. The van der Waals surface area contributed by atoms with Crippen molar-refractivity contribution < 1.29 is 23.8 Å². The van der Waals surface area contributed by atoms with Crippen LogP contribution in [0.4, 0.5) is 0 Å². The van der Waals surface area contributed by atoms with Gasteiger partial charge in [-0.2, -0.15) is 5.26 Å². The van der Waals surface area contributed by atoms with Crippen LogP contribution in [0.3, 0.4) is 0 Å². The molecule has 0 amide bonds. The van der Waals surface area contributed by atoms with Crippen LogP contribution in [0.25, 0.3) is 0 Å². The summed E-state index contributed by atoms with van der Waals surface area (Å²) in [6.07, 6.45) is 0.0436. The van der Waals surface area contributed by atoms with Crippen LogP contribution >= 0.6 is 0 Å². The highest BCUT2D eigenvalue weighted by atomic mass is 16.6. The van der Waals surface area contributed by atoms with E-state index in [2.05, 4.69) is 0 Å². The SMILES string of the molecule is COc1ccc(C)cc1C(=O)CCC(=O)OCCOc1ccc(C#N)cc1. The number of methoxy groups -OCH3 is 1. The average Bonchev–Trinajstić information content (AvgIpc) is 2.69. The number of ketones is 1. The third-order valence-corrected chi connectivity index (χ3v) is 3.81. The van der Waals surface area contributed by atoms with Crippen molar-refractivity contribution >= 4 is 11.8 Å². The van der Waals surface area contributed by atoms with Crippen molar-refractivity contribution in [3.63, 3.8) is 0 Å². The number of esters is 1. The van der Waals surface area contributed by atoms with E-state index >= 15 is 0 Å². The van der Waals surface area contributed by atoms with E-state index in [0.29, 0.717) is 22.6 Å². The van der Waals surface area contributed by atoms with Crippen molar-refractivity contribution in [3.05, 3.63) is 59.2 Å². The molecule has 0 fully saturated rings. The fraction of sp³-hybridized carbons (Fsp3) is 0.286. The van der Waals surface area contributed by atoms with Gasteiger partial charge in [0.05, 0.1) is 30.7 Å². The van der Waals surface area contributed by atoms with Crippen LogP contribution < -0.4 is 9.47 Å². The molecule has 2 aromatic rings. The summed E-state index contributed by atoms with van der Waals surface area (Å²) < 4.78 is 15.7. The van der Waals surface area contributed by atoms with Gasteiger partial charge in [0.25, 0.3) is 0 Å². The standard InChI is InChI=1S/C21H21NO5/c1-15-3-9-20(25-2)18(13-15)19(23)8-10-21(24)27-12-11-26-17-6-4-16(14-22)5-7-17/h3-7,9,13H,8,10-12H2,1-2H3. The maximum absolute atomic E-state index is 12.3. The summed E-state index contributed by atoms with van der Waals surface area (Å²) in [5.41, 5.74) is 1.96. The Morgan fingerprint density at radius 1 is 1.04 bits per heavy atom. The molecule has 0 aliphatic rings. The lowest BCUT2D eigenvalue weighted by Gasteiger charge is -2.09. The van der Waals surface area contributed by atoms with Crippen molar-refractivity contribution in [2.75, 3.05) is 20.3 Å². The number of ether oxygens (including phenoxy) is 3. The molecule has 6 nitrogen and oxygen atoms in total. The minimum atomic E-state index is -0.460. The Morgan fingerprint density at radius 2 is 1.78 bits per heavy atom. The van der Waals surface area contributed by atoms with E-state index in [4.69, 9.17) is 19.5 Å². The summed E-state index contributed by atoms with van der Waals surface area (Å²) in [7, 11) is 1.50. The molecule has 0 aromatic heterocycles. The van der Waals surface area contributed by atoms with Crippen LogP contribution in [0.5, 0.6) is 11.5 Å². The number of rotatable bonds is 9. The summed E-state index contributed by atoms with van der Waals surface area (Å²) in [6.45, 7) is 2.16.